The molecule has 0 saturated carbocycles. The zero-order valence-electron chi connectivity index (χ0n) is 19.5. The van der Waals surface area contributed by atoms with Gasteiger partial charge >= 0.3 is 11.4 Å². The molecule has 196 valence electrons. The summed E-state index contributed by atoms with van der Waals surface area (Å²) in [6.07, 6.45) is -5.41. The largest absolute Gasteiger partial charge is 0.507 e. The van der Waals surface area contributed by atoms with Crippen LogP contribution in [0.2, 0.25) is 0 Å². The van der Waals surface area contributed by atoms with Crippen LogP contribution in [0.5, 0.6) is 28.7 Å². The maximum absolute atomic E-state index is 12.8. The standard InChI is InChI=1S/C25H18O13/c1-6-3-7-4-8-15(27)23(33)25(37-20(8)18(30)11(7)24(34)36-6)22(32)14-17(29)12-9(26)5-10(35-2)16(28)13(12)19(31)21(14)38-25/h3-5,15,22-23,27,29-33H,1-2H3/t15-,22-,23+,25-/m0/s1. The van der Waals surface area contributed by atoms with Crippen molar-refractivity contribution < 1.29 is 58.9 Å². The zero-order valence-corrected chi connectivity index (χ0v) is 19.5. The molecule has 3 heterocycles. The Morgan fingerprint density at radius 3 is 2.29 bits per heavy atom. The number of benzene rings is 2. The molecule has 13 nitrogen and oxygen atoms in total. The first-order chi connectivity index (χ1) is 17.9. The first-order valence-electron chi connectivity index (χ1n) is 11.1. The number of hydrogen-bond donors (Lipinski definition) is 6. The molecule has 2 aliphatic heterocycles. The third-order valence-corrected chi connectivity index (χ3v) is 6.96. The van der Waals surface area contributed by atoms with Crippen molar-refractivity contribution in [2.45, 2.75) is 31.0 Å². The van der Waals surface area contributed by atoms with E-state index in [1.165, 1.54) is 19.1 Å². The van der Waals surface area contributed by atoms with Gasteiger partial charge < -0.3 is 49.3 Å². The summed E-state index contributed by atoms with van der Waals surface area (Å²) in [6.45, 7) is 1.49. The monoisotopic (exact) mass is 526 g/mol. The average Bonchev–Trinajstić information content (AvgIpc) is 3.16. The number of Topliss-reactive ketones (excluding diaryl/α,β-unsaturated/α-hetero) is 1. The Hall–Kier alpha value is -4.59. The predicted molar refractivity (Wildman–Crippen MR) is 122 cm³/mol. The second-order valence-corrected chi connectivity index (χ2v) is 9.07. The van der Waals surface area contributed by atoms with Crippen molar-refractivity contribution >= 4 is 22.3 Å². The number of carbonyl (C=O) groups excluding carboxylic acids is 2. The van der Waals surface area contributed by atoms with E-state index in [0.29, 0.717) is 0 Å². The molecule has 0 fully saturated rings. The molecule has 1 aliphatic carbocycles. The second-order valence-electron chi connectivity index (χ2n) is 9.07. The number of allylic oxidation sites excluding steroid dienone is 2. The number of fused-ring (bicyclic) bond motifs is 4. The van der Waals surface area contributed by atoms with Crippen LogP contribution < -0.4 is 15.1 Å². The summed E-state index contributed by atoms with van der Waals surface area (Å²) in [7, 11) is 1.12. The van der Waals surface area contributed by atoms with Gasteiger partial charge in [0.05, 0.1) is 23.8 Å². The number of phenolic OH excluding ortho intramolecular Hbond substituents is 3. The van der Waals surface area contributed by atoms with E-state index in [-0.39, 0.29) is 22.1 Å². The molecule has 6 N–H and O–H groups in total. The van der Waals surface area contributed by atoms with Crippen molar-refractivity contribution in [3.63, 3.8) is 0 Å². The number of rotatable bonds is 1. The van der Waals surface area contributed by atoms with Gasteiger partial charge in [-0.3, -0.25) is 9.59 Å². The number of carbonyl (C=O) groups is 2. The number of aromatic hydroxyl groups is 3. The molecule has 0 unspecified atom stereocenters. The summed E-state index contributed by atoms with van der Waals surface area (Å²) >= 11 is 0. The van der Waals surface area contributed by atoms with Crippen molar-refractivity contribution in [2.24, 2.45) is 0 Å². The van der Waals surface area contributed by atoms with E-state index in [0.717, 1.165) is 13.2 Å². The van der Waals surface area contributed by atoms with Gasteiger partial charge in [-0.1, -0.05) is 0 Å². The highest BCUT2D eigenvalue weighted by molar-refractivity contribution is 6.26. The number of aryl methyl sites for hydroxylation is 1. The summed E-state index contributed by atoms with van der Waals surface area (Å²) in [5.74, 6) is -8.84. The number of ether oxygens (including phenoxy) is 3. The molecular weight excluding hydrogens is 508 g/mol. The highest BCUT2D eigenvalue weighted by Gasteiger charge is 2.64. The van der Waals surface area contributed by atoms with Crippen molar-refractivity contribution in [1.82, 2.24) is 0 Å². The highest BCUT2D eigenvalue weighted by Crippen LogP contribution is 2.60. The third-order valence-electron chi connectivity index (χ3n) is 6.96. The summed E-state index contributed by atoms with van der Waals surface area (Å²) in [5.41, 5.74) is -3.06. The minimum absolute atomic E-state index is 0.165. The van der Waals surface area contributed by atoms with Crippen LogP contribution in [-0.4, -0.2) is 61.2 Å². The number of hydrogen-bond acceptors (Lipinski definition) is 13. The van der Waals surface area contributed by atoms with Gasteiger partial charge in [-0.15, -0.1) is 0 Å². The first kappa shape index (κ1) is 23.8. The highest BCUT2D eigenvalue weighted by atomic mass is 16.7. The normalized spacial score (nSPS) is 25.4. The maximum Gasteiger partial charge on any atom is 0.347 e. The molecular formula is C25H18O13. The third kappa shape index (κ3) is 2.72. The molecule has 0 saturated heterocycles. The Bertz CT molecular complexity index is 1720. The smallest absolute Gasteiger partial charge is 0.347 e. The van der Waals surface area contributed by atoms with Gasteiger partial charge in [0.15, 0.2) is 46.7 Å². The first-order valence-corrected chi connectivity index (χ1v) is 11.1. The van der Waals surface area contributed by atoms with Crippen LogP contribution >= 0.6 is 0 Å². The van der Waals surface area contributed by atoms with E-state index in [2.05, 4.69) is 0 Å². The Balaban J connectivity index is 1.56. The molecule has 6 rings (SSSR count). The fourth-order valence-corrected chi connectivity index (χ4v) is 5.19. The van der Waals surface area contributed by atoms with Crippen LogP contribution in [0.1, 0.15) is 49.8 Å². The Labute approximate surface area is 211 Å². The lowest BCUT2D eigenvalue weighted by molar-refractivity contribution is -0.260. The van der Waals surface area contributed by atoms with Crippen molar-refractivity contribution in [3.8, 4) is 28.7 Å². The molecule has 3 aliphatic rings. The van der Waals surface area contributed by atoms with Crippen molar-refractivity contribution in [2.75, 3.05) is 7.11 Å². The molecule has 2 aromatic carbocycles. The minimum Gasteiger partial charge on any atom is -0.507 e. The van der Waals surface area contributed by atoms with E-state index in [1.807, 2.05) is 0 Å². The van der Waals surface area contributed by atoms with Crippen LogP contribution in [0, 0.1) is 6.92 Å². The van der Waals surface area contributed by atoms with Gasteiger partial charge in [0.2, 0.25) is 5.78 Å². The van der Waals surface area contributed by atoms with Crippen molar-refractivity contribution in [1.29, 1.82) is 0 Å². The molecule has 38 heavy (non-hydrogen) atoms. The van der Waals surface area contributed by atoms with Crippen molar-refractivity contribution in [3.05, 3.63) is 62.4 Å². The molecule has 4 atom stereocenters. The number of aliphatic hydroxyl groups is 3. The average molecular weight is 526 g/mol. The summed E-state index contributed by atoms with van der Waals surface area (Å²) < 4.78 is 21.2. The van der Waals surface area contributed by atoms with E-state index in [9.17, 15) is 45.0 Å². The van der Waals surface area contributed by atoms with Crippen LogP contribution in [0.3, 0.4) is 0 Å². The minimum atomic E-state index is -2.71. The fourth-order valence-electron chi connectivity index (χ4n) is 5.19. The Morgan fingerprint density at radius 1 is 0.921 bits per heavy atom. The van der Waals surface area contributed by atoms with E-state index in [1.54, 1.807) is 0 Å². The van der Waals surface area contributed by atoms with Crippen LogP contribution in [-0.2, 0) is 4.74 Å². The number of aliphatic hydroxyl groups excluding tert-OH is 3. The summed E-state index contributed by atoms with van der Waals surface area (Å²) in [4.78, 5) is 37.9. The number of methoxy groups -OCH3 is 1. The molecule has 0 radical (unpaired) electrons. The molecule has 13 heteroatoms. The van der Waals surface area contributed by atoms with E-state index >= 15 is 0 Å². The topological polar surface area (TPSA) is 213 Å². The second kappa shape index (κ2) is 7.47. The lowest BCUT2D eigenvalue weighted by atomic mass is 9.85. The van der Waals surface area contributed by atoms with Gasteiger partial charge in [0.1, 0.15) is 23.0 Å². The van der Waals surface area contributed by atoms with E-state index < -0.39 is 92.5 Å². The van der Waals surface area contributed by atoms with E-state index in [4.69, 9.17) is 18.6 Å². The lowest BCUT2D eigenvalue weighted by Crippen LogP contribution is -2.58. The molecule has 0 bridgehead atoms. The fraction of sp³-hybridized carbons (Fsp3) is 0.240. The van der Waals surface area contributed by atoms with Gasteiger partial charge in [-0.25, -0.2) is 4.79 Å². The molecule has 1 spiro atoms. The molecule has 1 aromatic heterocycles. The van der Waals surface area contributed by atoms with Crippen LogP contribution in [0.4, 0.5) is 0 Å². The number of ketones is 2. The predicted octanol–water partition coefficient (Wildman–Crippen LogP) is 0.737. The Morgan fingerprint density at radius 2 is 1.61 bits per heavy atom. The quantitative estimate of drug-likeness (QED) is 0.242. The van der Waals surface area contributed by atoms with Crippen LogP contribution in [0.15, 0.2) is 33.2 Å². The van der Waals surface area contributed by atoms with Gasteiger partial charge in [-0.2, -0.15) is 0 Å². The Kier molecular flexibility index (Phi) is 4.68. The number of phenols is 3. The summed E-state index contributed by atoms with van der Waals surface area (Å²) in [5, 5.41) is 65.9. The maximum atomic E-state index is 12.8. The van der Waals surface area contributed by atoms with Crippen LogP contribution in [0.25, 0.3) is 10.8 Å². The van der Waals surface area contributed by atoms with Gasteiger partial charge in [-0.05, 0) is 24.4 Å². The SMILES string of the molecule is COC1=CC(=O)c2c(O)c3c(c(O)c2C1=O)O[C@@]1(Oc2c(cc4cc(C)oc(=O)c4c2O)[C@H](O)[C@H]1O)[C@H]3O. The molecule has 0 amide bonds. The van der Waals surface area contributed by atoms with Gasteiger partial charge in [0.25, 0.3) is 0 Å². The zero-order chi connectivity index (χ0) is 27.4. The molecule has 3 aromatic rings. The summed E-state index contributed by atoms with van der Waals surface area (Å²) in [6, 6.07) is 2.68. The van der Waals surface area contributed by atoms with Gasteiger partial charge in [0, 0.05) is 11.6 Å². The lowest BCUT2D eigenvalue weighted by Gasteiger charge is -2.42.